The molecule has 2 aromatic rings. The number of nitrogens with one attached hydrogen (secondary N) is 1. The van der Waals surface area contributed by atoms with Crippen LogP contribution in [0.4, 0.5) is 10.8 Å². The van der Waals surface area contributed by atoms with E-state index in [2.05, 4.69) is 15.2 Å². The molecule has 2 aliphatic heterocycles. The second-order valence-corrected chi connectivity index (χ2v) is 7.98. The number of rotatable bonds is 5. The zero-order chi connectivity index (χ0) is 18.6. The van der Waals surface area contributed by atoms with Crippen LogP contribution in [-0.2, 0) is 16.1 Å². The Kier molecular flexibility index (Phi) is 5.38. The van der Waals surface area contributed by atoms with Crippen molar-refractivity contribution in [2.24, 2.45) is 5.92 Å². The van der Waals surface area contributed by atoms with Crippen LogP contribution < -0.4 is 15.1 Å². The predicted octanol–water partition coefficient (Wildman–Crippen LogP) is 2.80. The molecule has 4 rings (SSSR count). The fourth-order valence-electron chi connectivity index (χ4n) is 3.75. The molecular weight excluding hydrogens is 360 g/mol. The number of hydrogen-bond donors (Lipinski definition) is 1. The Morgan fingerprint density at radius 2 is 1.96 bits per heavy atom. The van der Waals surface area contributed by atoms with Gasteiger partial charge in [0, 0.05) is 55.8 Å². The summed E-state index contributed by atoms with van der Waals surface area (Å²) >= 11 is 1.65. The molecule has 1 aromatic heterocycles. The Balaban J connectivity index is 1.25. The maximum atomic E-state index is 12.5. The number of piperidine rings is 1. The first kappa shape index (κ1) is 18.0. The van der Waals surface area contributed by atoms with Crippen LogP contribution in [-0.4, -0.2) is 36.4 Å². The molecule has 0 saturated carbocycles. The normalized spacial score (nSPS) is 18.1. The summed E-state index contributed by atoms with van der Waals surface area (Å²) in [6.45, 7) is 3.09. The van der Waals surface area contributed by atoms with Crippen molar-refractivity contribution in [1.29, 1.82) is 0 Å². The number of amides is 2. The Hall–Kier alpha value is -2.41. The Morgan fingerprint density at radius 1 is 1.19 bits per heavy atom. The molecule has 7 heteroatoms. The van der Waals surface area contributed by atoms with Crippen molar-refractivity contribution in [1.82, 2.24) is 10.3 Å². The predicted molar refractivity (Wildman–Crippen MR) is 107 cm³/mol. The van der Waals surface area contributed by atoms with Crippen LogP contribution in [0.3, 0.4) is 0 Å². The minimum absolute atomic E-state index is 0.0720. The van der Waals surface area contributed by atoms with Crippen LogP contribution in [0.15, 0.2) is 35.8 Å². The van der Waals surface area contributed by atoms with Crippen molar-refractivity contribution >= 4 is 34.0 Å². The zero-order valence-electron chi connectivity index (χ0n) is 15.3. The monoisotopic (exact) mass is 384 g/mol. The van der Waals surface area contributed by atoms with Crippen molar-refractivity contribution in [3.63, 3.8) is 0 Å². The summed E-state index contributed by atoms with van der Waals surface area (Å²) in [5, 5.41) is 6.10. The largest absolute Gasteiger partial charge is 0.352 e. The third-order valence-electron chi connectivity index (χ3n) is 5.34. The topological polar surface area (TPSA) is 65.5 Å². The van der Waals surface area contributed by atoms with Crippen LogP contribution in [0.2, 0.25) is 0 Å². The van der Waals surface area contributed by atoms with E-state index in [1.165, 1.54) is 0 Å². The lowest BCUT2D eigenvalue weighted by Gasteiger charge is -2.31. The van der Waals surface area contributed by atoms with Crippen LogP contribution >= 0.6 is 11.3 Å². The van der Waals surface area contributed by atoms with Gasteiger partial charge in [-0.3, -0.25) is 9.59 Å². The molecule has 142 valence electrons. The lowest BCUT2D eigenvalue weighted by Crippen LogP contribution is -2.40. The summed E-state index contributed by atoms with van der Waals surface area (Å²) in [7, 11) is 0. The lowest BCUT2D eigenvalue weighted by molar-refractivity contribution is -0.125. The standard InChI is InChI=1S/C20H24N4O2S/c25-18-2-1-10-24(18)17-5-3-15(4-6-17)14-22-19(26)16-7-11-23(12-8-16)20-21-9-13-27-20/h3-6,9,13,16H,1-2,7-8,10-12,14H2,(H,22,26). The van der Waals surface area contributed by atoms with Crippen molar-refractivity contribution in [2.45, 2.75) is 32.2 Å². The van der Waals surface area contributed by atoms with Crippen molar-refractivity contribution in [3.8, 4) is 0 Å². The van der Waals surface area contributed by atoms with Gasteiger partial charge in [0.2, 0.25) is 11.8 Å². The molecule has 1 N–H and O–H groups in total. The average molecular weight is 385 g/mol. The number of nitrogens with zero attached hydrogens (tertiary/aromatic N) is 3. The average Bonchev–Trinajstić information content (AvgIpc) is 3.39. The van der Waals surface area contributed by atoms with E-state index >= 15 is 0 Å². The van der Waals surface area contributed by atoms with Crippen LogP contribution in [0, 0.1) is 5.92 Å². The third kappa shape index (κ3) is 4.13. The number of benzene rings is 1. The van der Waals surface area contributed by atoms with Gasteiger partial charge in [-0.25, -0.2) is 4.98 Å². The van der Waals surface area contributed by atoms with E-state index in [0.29, 0.717) is 13.0 Å². The molecule has 0 bridgehead atoms. The summed E-state index contributed by atoms with van der Waals surface area (Å²) in [4.78, 5) is 32.7. The molecule has 1 aromatic carbocycles. The summed E-state index contributed by atoms with van der Waals surface area (Å²) in [6, 6.07) is 7.92. The molecule has 2 aliphatic rings. The van der Waals surface area contributed by atoms with Gasteiger partial charge in [-0.15, -0.1) is 11.3 Å². The third-order valence-corrected chi connectivity index (χ3v) is 6.18. The van der Waals surface area contributed by atoms with Gasteiger partial charge in [0.05, 0.1) is 0 Å². The first-order valence-corrected chi connectivity index (χ1v) is 10.4. The van der Waals surface area contributed by atoms with E-state index in [4.69, 9.17) is 0 Å². The molecular formula is C20H24N4O2S. The quantitative estimate of drug-likeness (QED) is 0.861. The second-order valence-electron chi connectivity index (χ2n) is 7.11. The molecule has 0 spiro atoms. The van der Waals surface area contributed by atoms with Gasteiger partial charge in [-0.1, -0.05) is 12.1 Å². The van der Waals surface area contributed by atoms with Gasteiger partial charge in [-0.05, 0) is 37.0 Å². The van der Waals surface area contributed by atoms with Gasteiger partial charge in [-0.2, -0.15) is 0 Å². The molecule has 27 heavy (non-hydrogen) atoms. The molecule has 3 heterocycles. The molecule has 0 unspecified atom stereocenters. The maximum absolute atomic E-state index is 12.5. The molecule has 2 saturated heterocycles. The van der Waals surface area contributed by atoms with Crippen LogP contribution in [0.5, 0.6) is 0 Å². The molecule has 2 amide bonds. The minimum atomic E-state index is 0.0720. The SMILES string of the molecule is O=C(NCc1ccc(N2CCCC2=O)cc1)C1CCN(c2nccs2)CC1. The van der Waals surface area contributed by atoms with E-state index < -0.39 is 0 Å². The van der Waals surface area contributed by atoms with Crippen molar-refractivity contribution in [3.05, 3.63) is 41.4 Å². The number of thiazole rings is 1. The highest BCUT2D eigenvalue weighted by Crippen LogP contribution is 2.25. The summed E-state index contributed by atoms with van der Waals surface area (Å²) in [5.74, 6) is 0.399. The highest BCUT2D eigenvalue weighted by Gasteiger charge is 2.26. The molecule has 0 aliphatic carbocycles. The maximum Gasteiger partial charge on any atom is 0.227 e. The van der Waals surface area contributed by atoms with Gasteiger partial charge in [0.25, 0.3) is 0 Å². The zero-order valence-corrected chi connectivity index (χ0v) is 16.1. The van der Waals surface area contributed by atoms with Gasteiger partial charge < -0.3 is 15.1 Å². The van der Waals surface area contributed by atoms with E-state index in [1.807, 2.05) is 40.7 Å². The Labute approximate surface area is 163 Å². The molecule has 0 radical (unpaired) electrons. The van der Waals surface area contributed by atoms with Crippen molar-refractivity contribution < 1.29 is 9.59 Å². The number of hydrogen-bond acceptors (Lipinski definition) is 5. The Morgan fingerprint density at radius 3 is 2.59 bits per heavy atom. The van der Waals surface area contributed by atoms with E-state index in [9.17, 15) is 9.59 Å². The van der Waals surface area contributed by atoms with E-state index in [0.717, 1.165) is 55.3 Å². The molecule has 6 nitrogen and oxygen atoms in total. The number of anilines is 2. The molecule has 0 atom stereocenters. The number of carbonyl (C=O) groups is 2. The van der Waals surface area contributed by atoms with Gasteiger partial charge in [0.1, 0.15) is 0 Å². The fraction of sp³-hybridized carbons (Fsp3) is 0.450. The smallest absolute Gasteiger partial charge is 0.227 e. The Bertz CT molecular complexity index is 783. The summed E-state index contributed by atoms with van der Waals surface area (Å²) in [6.07, 6.45) is 5.11. The van der Waals surface area contributed by atoms with Crippen LogP contribution in [0.1, 0.15) is 31.2 Å². The fourth-order valence-corrected chi connectivity index (χ4v) is 4.45. The first-order valence-electron chi connectivity index (χ1n) is 9.52. The van der Waals surface area contributed by atoms with E-state index in [1.54, 1.807) is 11.3 Å². The van der Waals surface area contributed by atoms with Gasteiger partial charge >= 0.3 is 0 Å². The summed E-state index contributed by atoms with van der Waals surface area (Å²) < 4.78 is 0. The van der Waals surface area contributed by atoms with Crippen molar-refractivity contribution in [2.75, 3.05) is 29.4 Å². The first-order chi connectivity index (χ1) is 13.2. The van der Waals surface area contributed by atoms with Crippen LogP contribution in [0.25, 0.3) is 0 Å². The lowest BCUT2D eigenvalue weighted by atomic mass is 9.96. The minimum Gasteiger partial charge on any atom is -0.352 e. The summed E-state index contributed by atoms with van der Waals surface area (Å²) in [5.41, 5.74) is 2.00. The van der Waals surface area contributed by atoms with Gasteiger partial charge in [0.15, 0.2) is 5.13 Å². The number of carbonyl (C=O) groups excluding carboxylic acids is 2. The molecule has 2 fully saturated rings. The van der Waals surface area contributed by atoms with E-state index in [-0.39, 0.29) is 17.7 Å². The highest BCUT2D eigenvalue weighted by molar-refractivity contribution is 7.13. The number of aromatic nitrogens is 1. The highest BCUT2D eigenvalue weighted by atomic mass is 32.1. The second kappa shape index (κ2) is 8.08.